The van der Waals surface area contributed by atoms with Crippen LogP contribution in [0.2, 0.25) is 0 Å². The van der Waals surface area contributed by atoms with Crippen molar-refractivity contribution >= 4 is 11.6 Å². The molecule has 0 bridgehead atoms. The minimum absolute atomic E-state index is 0.506. The summed E-state index contributed by atoms with van der Waals surface area (Å²) in [4.78, 5) is 0. The van der Waals surface area contributed by atoms with Crippen molar-refractivity contribution in [1.82, 2.24) is 20.4 Å². The fourth-order valence-electron chi connectivity index (χ4n) is 0.485. The first kappa shape index (κ1) is 7.34. The highest BCUT2D eigenvalue weighted by molar-refractivity contribution is 6.17. The standard InChI is InChI=1S/C5H7ClN4/c1-4-7-9-5(2-3-6)10-8-4/h2-3H2,1H3. The molecule has 0 unspecified atom stereocenters. The normalized spacial score (nSPS) is 9.80. The molecule has 4 nitrogen and oxygen atoms in total. The molecular formula is C5H7ClN4. The van der Waals surface area contributed by atoms with Crippen LogP contribution < -0.4 is 0 Å². The Labute approximate surface area is 63.6 Å². The van der Waals surface area contributed by atoms with Gasteiger partial charge in [0.1, 0.15) is 0 Å². The van der Waals surface area contributed by atoms with Gasteiger partial charge in [0.2, 0.25) is 0 Å². The van der Waals surface area contributed by atoms with Crippen molar-refractivity contribution in [3.05, 3.63) is 11.6 Å². The molecule has 54 valence electrons. The van der Waals surface area contributed by atoms with Gasteiger partial charge in [0.05, 0.1) is 0 Å². The Hall–Kier alpha value is -0.770. The van der Waals surface area contributed by atoms with Crippen molar-refractivity contribution in [3.63, 3.8) is 0 Å². The molecule has 0 radical (unpaired) electrons. The van der Waals surface area contributed by atoms with Gasteiger partial charge in [-0.05, 0) is 6.92 Å². The second-order valence-electron chi connectivity index (χ2n) is 1.80. The Morgan fingerprint density at radius 2 is 1.80 bits per heavy atom. The van der Waals surface area contributed by atoms with Gasteiger partial charge in [-0.3, -0.25) is 0 Å². The molecule has 0 aliphatic heterocycles. The molecule has 0 saturated heterocycles. The van der Waals surface area contributed by atoms with E-state index in [9.17, 15) is 0 Å². The van der Waals surface area contributed by atoms with Crippen molar-refractivity contribution in [3.8, 4) is 0 Å². The Balaban J connectivity index is 2.69. The molecule has 0 N–H and O–H groups in total. The summed E-state index contributed by atoms with van der Waals surface area (Å²) in [6.07, 6.45) is 0.627. The van der Waals surface area contributed by atoms with Gasteiger partial charge in [-0.2, -0.15) is 0 Å². The third-order valence-electron chi connectivity index (χ3n) is 0.938. The number of nitrogens with zero attached hydrogens (tertiary/aromatic N) is 4. The summed E-state index contributed by atoms with van der Waals surface area (Å²) >= 11 is 5.44. The molecule has 1 aromatic rings. The zero-order valence-corrected chi connectivity index (χ0v) is 6.34. The van der Waals surface area contributed by atoms with Gasteiger partial charge < -0.3 is 0 Å². The zero-order valence-electron chi connectivity index (χ0n) is 5.58. The quantitative estimate of drug-likeness (QED) is 0.583. The molecular weight excluding hydrogens is 152 g/mol. The van der Waals surface area contributed by atoms with Crippen LogP contribution in [0.1, 0.15) is 11.6 Å². The summed E-state index contributed by atoms with van der Waals surface area (Å²) in [7, 11) is 0. The Morgan fingerprint density at radius 3 is 2.30 bits per heavy atom. The van der Waals surface area contributed by atoms with Gasteiger partial charge in [-0.1, -0.05) is 0 Å². The highest BCUT2D eigenvalue weighted by atomic mass is 35.5. The second-order valence-corrected chi connectivity index (χ2v) is 2.18. The molecule has 1 rings (SSSR count). The monoisotopic (exact) mass is 158 g/mol. The molecule has 0 spiro atoms. The van der Waals surface area contributed by atoms with Crippen LogP contribution in [0.25, 0.3) is 0 Å². The summed E-state index contributed by atoms with van der Waals surface area (Å²) in [5.74, 6) is 1.69. The number of halogens is 1. The molecule has 0 aliphatic rings. The van der Waals surface area contributed by atoms with Crippen molar-refractivity contribution in [2.45, 2.75) is 13.3 Å². The third kappa shape index (κ3) is 1.88. The van der Waals surface area contributed by atoms with Crippen molar-refractivity contribution < 1.29 is 0 Å². The molecule has 0 aromatic carbocycles. The molecule has 0 fully saturated rings. The first-order valence-corrected chi connectivity index (χ1v) is 3.45. The predicted molar refractivity (Wildman–Crippen MR) is 36.8 cm³/mol. The third-order valence-corrected chi connectivity index (χ3v) is 1.13. The van der Waals surface area contributed by atoms with Crippen LogP contribution in [0.15, 0.2) is 0 Å². The van der Waals surface area contributed by atoms with Crippen LogP contribution in [0, 0.1) is 6.92 Å². The number of hydrogen-bond donors (Lipinski definition) is 0. The van der Waals surface area contributed by atoms with Crippen LogP contribution in [-0.2, 0) is 6.42 Å². The predicted octanol–water partition coefficient (Wildman–Crippen LogP) is 0.356. The zero-order chi connectivity index (χ0) is 7.40. The Kier molecular flexibility index (Phi) is 2.50. The van der Waals surface area contributed by atoms with Crippen LogP contribution in [0.5, 0.6) is 0 Å². The van der Waals surface area contributed by atoms with E-state index in [1.54, 1.807) is 6.92 Å². The lowest BCUT2D eigenvalue weighted by molar-refractivity contribution is 0.738. The van der Waals surface area contributed by atoms with Crippen LogP contribution >= 0.6 is 11.6 Å². The van der Waals surface area contributed by atoms with Gasteiger partial charge in [0.15, 0.2) is 11.6 Å². The van der Waals surface area contributed by atoms with Gasteiger partial charge >= 0.3 is 0 Å². The number of aryl methyl sites for hydroxylation is 2. The summed E-state index contributed by atoms with van der Waals surface area (Å²) in [6, 6.07) is 0. The van der Waals surface area contributed by atoms with Crippen LogP contribution in [0.3, 0.4) is 0 Å². The SMILES string of the molecule is Cc1nnc(CCCl)nn1. The smallest absolute Gasteiger partial charge is 0.132 e. The molecule has 0 aliphatic carbocycles. The van der Waals surface area contributed by atoms with Crippen LogP contribution in [0.4, 0.5) is 0 Å². The highest BCUT2D eigenvalue weighted by Gasteiger charge is 1.95. The maximum Gasteiger partial charge on any atom is 0.174 e. The lowest BCUT2D eigenvalue weighted by Crippen LogP contribution is -2.02. The molecule has 0 amide bonds. The van der Waals surface area contributed by atoms with E-state index in [0.717, 1.165) is 0 Å². The average Bonchev–Trinajstić information content (AvgIpc) is 1.95. The van der Waals surface area contributed by atoms with E-state index in [4.69, 9.17) is 11.6 Å². The molecule has 5 heteroatoms. The maximum atomic E-state index is 5.44. The molecule has 1 aromatic heterocycles. The van der Waals surface area contributed by atoms with Gasteiger partial charge in [-0.15, -0.1) is 32.0 Å². The van der Waals surface area contributed by atoms with E-state index in [1.165, 1.54) is 0 Å². The topological polar surface area (TPSA) is 51.6 Å². The van der Waals surface area contributed by atoms with E-state index in [-0.39, 0.29) is 0 Å². The highest BCUT2D eigenvalue weighted by Crippen LogP contribution is 1.88. The number of alkyl halides is 1. The Morgan fingerprint density at radius 1 is 1.20 bits per heavy atom. The molecule has 1 heterocycles. The molecule has 0 atom stereocenters. The van der Waals surface area contributed by atoms with Crippen LogP contribution in [-0.4, -0.2) is 26.3 Å². The maximum absolute atomic E-state index is 5.44. The molecule has 0 saturated carbocycles. The fraction of sp³-hybridized carbons (Fsp3) is 0.600. The van der Waals surface area contributed by atoms with Gasteiger partial charge in [-0.25, -0.2) is 0 Å². The first-order chi connectivity index (χ1) is 4.83. The number of aromatic nitrogens is 4. The van der Waals surface area contributed by atoms with E-state index in [1.807, 2.05) is 0 Å². The summed E-state index contributed by atoms with van der Waals surface area (Å²) in [5.41, 5.74) is 0. The lowest BCUT2D eigenvalue weighted by Gasteiger charge is -1.91. The fourth-order valence-corrected chi connectivity index (χ4v) is 0.654. The average molecular weight is 159 g/mol. The first-order valence-electron chi connectivity index (χ1n) is 2.92. The Bertz CT molecular complexity index is 197. The van der Waals surface area contributed by atoms with Crippen molar-refractivity contribution in [2.24, 2.45) is 0 Å². The summed E-state index contributed by atoms with van der Waals surface area (Å²) < 4.78 is 0. The largest absolute Gasteiger partial charge is 0.174 e. The lowest BCUT2D eigenvalue weighted by atomic mass is 10.5. The minimum Gasteiger partial charge on any atom is -0.132 e. The summed E-state index contributed by atoms with van der Waals surface area (Å²) in [6.45, 7) is 1.74. The molecule has 10 heavy (non-hydrogen) atoms. The van der Waals surface area contributed by atoms with E-state index in [0.29, 0.717) is 23.9 Å². The van der Waals surface area contributed by atoms with E-state index < -0.39 is 0 Å². The number of hydrogen-bond acceptors (Lipinski definition) is 4. The van der Waals surface area contributed by atoms with E-state index >= 15 is 0 Å². The number of rotatable bonds is 2. The summed E-state index contributed by atoms with van der Waals surface area (Å²) in [5, 5.41) is 15.0. The van der Waals surface area contributed by atoms with Crippen molar-refractivity contribution in [1.29, 1.82) is 0 Å². The van der Waals surface area contributed by atoms with Gasteiger partial charge in [0.25, 0.3) is 0 Å². The van der Waals surface area contributed by atoms with Gasteiger partial charge in [0, 0.05) is 12.3 Å². The van der Waals surface area contributed by atoms with Crippen molar-refractivity contribution in [2.75, 3.05) is 5.88 Å². The van der Waals surface area contributed by atoms with E-state index in [2.05, 4.69) is 20.4 Å². The minimum atomic E-state index is 0.506. The second kappa shape index (κ2) is 3.41.